The fourth-order valence-corrected chi connectivity index (χ4v) is 2.64. The number of carboxylic acid groups (broad SMARTS) is 1. The maximum Gasteiger partial charge on any atom is 0.323 e. The Balaban J connectivity index is 1.65. The number of amides is 2. The van der Waals surface area contributed by atoms with Crippen LogP contribution in [-0.4, -0.2) is 46.5 Å². The second kappa shape index (κ2) is 7.04. The predicted octanol–water partition coefficient (Wildman–Crippen LogP) is 2.80. The SMILES string of the molecule is O=C(O)CN1CCN(Cc2cccc(Oc3ccccc3)c2)C1=O. The third-order valence-corrected chi connectivity index (χ3v) is 3.76. The van der Waals surface area contributed by atoms with Gasteiger partial charge in [0.2, 0.25) is 0 Å². The summed E-state index contributed by atoms with van der Waals surface area (Å²) >= 11 is 0. The lowest BCUT2D eigenvalue weighted by molar-refractivity contribution is -0.137. The van der Waals surface area contributed by atoms with E-state index in [0.29, 0.717) is 25.4 Å². The van der Waals surface area contributed by atoms with E-state index in [9.17, 15) is 9.59 Å². The van der Waals surface area contributed by atoms with Crippen molar-refractivity contribution in [2.45, 2.75) is 6.54 Å². The summed E-state index contributed by atoms with van der Waals surface area (Å²) in [6, 6.07) is 16.8. The zero-order valence-corrected chi connectivity index (χ0v) is 13.1. The molecule has 0 saturated carbocycles. The topological polar surface area (TPSA) is 70.1 Å². The van der Waals surface area contributed by atoms with Crippen LogP contribution in [0.1, 0.15) is 5.56 Å². The van der Waals surface area contributed by atoms with Gasteiger partial charge in [0.05, 0.1) is 0 Å². The molecular weight excluding hydrogens is 308 g/mol. The molecule has 0 atom stereocenters. The van der Waals surface area contributed by atoms with Crippen LogP contribution in [0.5, 0.6) is 11.5 Å². The highest BCUT2D eigenvalue weighted by Crippen LogP contribution is 2.23. The number of carbonyl (C=O) groups excluding carboxylic acids is 1. The van der Waals surface area contributed by atoms with Gasteiger partial charge in [-0.25, -0.2) is 4.79 Å². The normalized spacial score (nSPS) is 14.1. The van der Waals surface area contributed by atoms with Crippen LogP contribution in [0, 0.1) is 0 Å². The molecule has 0 spiro atoms. The molecule has 1 fully saturated rings. The van der Waals surface area contributed by atoms with Crippen LogP contribution in [0.2, 0.25) is 0 Å². The van der Waals surface area contributed by atoms with Crippen LogP contribution in [0.4, 0.5) is 4.79 Å². The van der Waals surface area contributed by atoms with Gasteiger partial charge in [-0.3, -0.25) is 4.79 Å². The van der Waals surface area contributed by atoms with Gasteiger partial charge >= 0.3 is 12.0 Å². The van der Waals surface area contributed by atoms with Gasteiger partial charge in [0.15, 0.2) is 0 Å². The van der Waals surface area contributed by atoms with Crippen LogP contribution in [0.15, 0.2) is 54.6 Å². The Morgan fingerprint density at radius 3 is 2.46 bits per heavy atom. The quantitative estimate of drug-likeness (QED) is 0.886. The molecule has 1 N–H and O–H groups in total. The van der Waals surface area contributed by atoms with Crippen molar-refractivity contribution in [3.8, 4) is 11.5 Å². The van der Waals surface area contributed by atoms with E-state index in [4.69, 9.17) is 9.84 Å². The minimum Gasteiger partial charge on any atom is -0.480 e. The van der Waals surface area contributed by atoms with Gasteiger partial charge in [0, 0.05) is 19.6 Å². The monoisotopic (exact) mass is 326 g/mol. The van der Waals surface area contributed by atoms with Gasteiger partial charge in [0.25, 0.3) is 0 Å². The molecule has 0 radical (unpaired) electrons. The lowest BCUT2D eigenvalue weighted by atomic mass is 10.2. The summed E-state index contributed by atoms with van der Waals surface area (Å²) in [6.45, 7) is 1.13. The Labute approximate surface area is 139 Å². The second-order valence-corrected chi connectivity index (χ2v) is 5.58. The van der Waals surface area contributed by atoms with Crippen LogP contribution < -0.4 is 4.74 Å². The standard InChI is InChI=1S/C18H18N2O4/c21-17(22)13-20-10-9-19(18(20)23)12-14-5-4-8-16(11-14)24-15-6-2-1-3-7-15/h1-8,11H,9-10,12-13H2,(H,21,22). The first-order chi connectivity index (χ1) is 11.6. The first kappa shape index (κ1) is 15.9. The first-order valence-electron chi connectivity index (χ1n) is 7.69. The van der Waals surface area contributed by atoms with E-state index in [0.717, 1.165) is 11.3 Å². The summed E-state index contributed by atoms with van der Waals surface area (Å²) in [7, 11) is 0. The number of rotatable bonds is 6. The smallest absolute Gasteiger partial charge is 0.323 e. The number of para-hydroxylation sites is 1. The van der Waals surface area contributed by atoms with Crippen molar-refractivity contribution < 1.29 is 19.4 Å². The Hall–Kier alpha value is -3.02. The molecule has 6 heteroatoms. The molecule has 2 amide bonds. The van der Waals surface area contributed by atoms with E-state index in [1.165, 1.54) is 4.90 Å². The molecule has 2 aromatic rings. The molecule has 1 aliphatic heterocycles. The number of carboxylic acids is 1. The summed E-state index contributed by atoms with van der Waals surface area (Å²) < 4.78 is 5.79. The molecule has 124 valence electrons. The largest absolute Gasteiger partial charge is 0.480 e. The van der Waals surface area contributed by atoms with Crippen molar-refractivity contribution in [3.63, 3.8) is 0 Å². The molecule has 6 nitrogen and oxygen atoms in total. The van der Waals surface area contributed by atoms with Crippen molar-refractivity contribution in [1.29, 1.82) is 0 Å². The third kappa shape index (κ3) is 3.84. The highest BCUT2D eigenvalue weighted by Gasteiger charge is 2.29. The highest BCUT2D eigenvalue weighted by molar-refractivity contribution is 5.81. The number of ether oxygens (including phenoxy) is 1. The van der Waals surface area contributed by atoms with Crippen molar-refractivity contribution in [1.82, 2.24) is 9.80 Å². The van der Waals surface area contributed by atoms with Gasteiger partial charge in [-0.15, -0.1) is 0 Å². The second-order valence-electron chi connectivity index (χ2n) is 5.58. The van der Waals surface area contributed by atoms with Crippen LogP contribution in [0.3, 0.4) is 0 Å². The molecule has 0 aliphatic carbocycles. The number of nitrogens with zero attached hydrogens (tertiary/aromatic N) is 2. The summed E-state index contributed by atoms with van der Waals surface area (Å²) in [6.07, 6.45) is 0. The van der Waals surface area contributed by atoms with Gasteiger partial charge in [-0.2, -0.15) is 0 Å². The predicted molar refractivity (Wildman–Crippen MR) is 88.0 cm³/mol. The van der Waals surface area contributed by atoms with Crippen molar-refractivity contribution in [2.75, 3.05) is 19.6 Å². The minimum absolute atomic E-state index is 0.244. The van der Waals surface area contributed by atoms with Gasteiger partial charge in [0.1, 0.15) is 18.0 Å². The van der Waals surface area contributed by atoms with E-state index < -0.39 is 5.97 Å². The Morgan fingerprint density at radius 1 is 1.00 bits per heavy atom. The molecule has 24 heavy (non-hydrogen) atoms. The lowest BCUT2D eigenvalue weighted by Crippen LogP contribution is -2.34. The first-order valence-corrected chi connectivity index (χ1v) is 7.69. The number of aliphatic carboxylic acids is 1. The summed E-state index contributed by atoms with van der Waals surface area (Å²) in [5.74, 6) is 0.454. The number of urea groups is 1. The van der Waals surface area contributed by atoms with Gasteiger partial charge in [-0.1, -0.05) is 30.3 Å². The number of carbonyl (C=O) groups is 2. The molecule has 1 saturated heterocycles. The Morgan fingerprint density at radius 2 is 1.71 bits per heavy atom. The zero-order chi connectivity index (χ0) is 16.9. The van der Waals surface area contributed by atoms with E-state index in [-0.39, 0.29) is 12.6 Å². The molecular formula is C18H18N2O4. The maximum atomic E-state index is 12.2. The molecule has 3 rings (SSSR count). The number of hydrogen-bond acceptors (Lipinski definition) is 3. The number of benzene rings is 2. The summed E-state index contributed by atoms with van der Waals surface area (Å²) in [5, 5.41) is 8.82. The molecule has 0 unspecified atom stereocenters. The van der Waals surface area contributed by atoms with Gasteiger partial charge < -0.3 is 19.6 Å². The van der Waals surface area contributed by atoms with Crippen LogP contribution in [0.25, 0.3) is 0 Å². The molecule has 2 aromatic carbocycles. The Bertz CT molecular complexity index is 733. The summed E-state index contributed by atoms with van der Waals surface area (Å²) in [4.78, 5) is 25.9. The van der Waals surface area contributed by atoms with Crippen LogP contribution in [-0.2, 0) is 11.3 Å². The molecule has 1 aliphatic rings. The molecule has 0 bridgehead atoms. The fraction of sp³-hybridized carbons (Fsp3) is 0.222. The average molecular weight is 326 g/mol. The van der Waals surface area contributed by atoms with Crippen LogP contribution >= 0.6 is 0 Å². The summed E-state index contributed by atoms with van der Waals surface area (Å²) in [5.41, 5.74) is 0.939. The molecule has 0 aromatic heterocycles. The average Bonchev–Trinajstić information content (AvgIpc) is 2.89. The van der Waals surface area contributed by atoms with Crippen molar-refractivity contribution in [3.05, 3.63) is 60.2 Å². The van der Waals surface area contributed by atoms with E-state index >= 15 is 0 Å². The lowest BCUT2D eigenvalue weighted by Gasteiger charge is -2.17. The molecule has 1 heterocycles. The third-order valence-electron chi connectivity index (χ3n) is 3.76. The number of hydrogen-bond donors (Lipinski definition) is 1. The minimum atomic E-state index is -0.997. The van der Waals surface area contributed by atoms with E-state index in [2.05, 4.69) is 0 Å². The van der Waals surface area contributed by atoms with Crippen molar-refractivity contribution >= 4 is 12.0 Å². The van der Waals surface area contributed by atoms with Gasteiger partial charge in [-0.05, 0) is 29.8 Å². The Kier molecular flexibility index (Phi) is 4.65. The zero-order valence-electron chi connectivity index (χ0n) is 13.1. The van der Waals surface area contributed by atoms with E-state index in [1.54, 1.807) is 4.90 Å². The maximum absolute atomic E-state index is 12.2. The fourth-order valence-electron chi connectivity index (χ4n) is 2.64. The highest BCUT2D eigenvalue weighted by atomic mass is 16.5. The van der Waals surface area contributed by atoms with Crippen molar-refractivity contribution in [2.24, 2.45) is 0 Å². The van der Waals surface area contributed by atoms with E-state index in [1.807, 2.05) is 54.6 Å².